The van der Waals surface area contributed by atoms with Crippen molar-refractivity contribution >= 4 is 15.9 Å². The molecule has 84 valence electrons. The molecular formula is C12H17BrO2. The molecule has 0 spiro atoms. The Morgan fingerprint density at radius 2 is 2.07 bits per heavy atom. The standard InChI is InChI=1S/C12H17BrO2/c1-3-14-10(2)9-15-12-7-5-4-6-11(12)8-13/h4-7,10H,3,8-9H2,1-2H3. The minimum Gasteiger partial charge on any atom is -0.491 e. The molecule has 0 amide bonds. The number of hydrogen-bond acceptors (Lipinski definition) is 2. The molecule has 0 saturated carbocycles. The van der Waals surface area contributed by atoms with Gasteiger partial charge in [0.25, 0.3) is 0 Å². The van der Waals surface area contributed by atoms with Crippen LogP contribution < -0.4 is 4.74 Å². The van der Waals surface area contributed by atoms with Crippen molar-refractivity contribution in [3.63, 3.8) is 0 Å². The first-order valence-corrected chi connectivity index (χ1v) is 6.28. The van der Waals surface area contributed by atoms with E-state index in [9.17, 15) is 0 Å². The Morgan fingerprint density at radius 1 is 1.33 bits per heavy atom. The summed E-state index contributed by atoms with van der Waals surface area (Å²) in [7, 11) is 0. The number of para-hydroxylation sites is 1. The summed E-state index contributed by atoms with van der Waals surface area (Å²) in [5, 5.41) is 0.812. The van der Waals surface area contributed by atoms with E-state index in [-0.39, 0.29) is 6.10 Å². The van der Waals surface area contributed by atoms with Crippen molar-refractivity contribution < 1.29 is 9.47 Å². The van der Waals surface area contributed by atoms with Gasteiger partial charge in [0.05, 0.1) is 6.10 Å². The van der Waals surface area contributed by atoms with Gasteiger partial charge in [-0.05, 0) is 19.9 Å². The number of hydrogen-bond donors (Lipinski definition) is 0. The lowest BCUT2D eigenvalue weighted by molar-refractivity contribution is 0.0400. The highest BCUT2D eigenvalue weighted by molar-refractivity contribution is 9.08. The van der Waals surface area contributed by atoms with Gasteiger partial charge in [-0.15, -0.1) is 0 Å². The summed E-state index contributed by atoms with van der Waals surface area (Å²) in [5.41, 5.74) is 1.17. The fourth-order valence-electron chi connectivity index (χ4n) is 1.29. The topological polar surface area (TPSA) is 18.5 Å². The number of halogens is 1. The van der Waals surface area contributed by atoms with Crippen molar-refractivity contribution in [1.82, 2.24) is 0 Å². The zero-order valence-corrected chi connectivity index (χ0v) is 10.8. The van der Waals surface area contributed by atoms with Gasteiger partial charge in [-0.25, -0.2) is 0 Å². The summed E-state index contributed by atoms with van der Waals surface area (Å²) in [4.78, 5) is 0. The van der Waals surface area contributed by atoms with Crippen LogP contribution in [0.5, 0.6) is 5.75 Å². The van der Waals surface area contributed by atoms with Crippen molar-refractivity contribution in [3.8, 4) is 5.75 Å². The molecule has 2 nitrogen and oxygen atoms in total. The molecule has 0 aliphatic heterocycles. The van der Waals surface area contributed by atoms with Crippen LogP contribution in [0.3, 0.4) is 0 Å². The van der Waals surface area contributed by atoms with Crippen molar-refractivity contribution in [3.05, 3.63) is 29.8 Å². The van der Waals surface area contributed by atoms with E-state index in [1.54, 1.807) is 0 Å². The number of ether oxygens (including phenoxy) is 2. The van der Waals surface area contributed by atoms with Crippen LogP contribution >= 0.6 is 15.9 Å². The van der Waals surface area contributed by atoms with E-state index in [4.69, 9.17) is 9.47 Å². The maximum atomic E-state index is 5.69. The summed E-state index contributed by atoms with van der Waals surface area (Å²) in [6.07, 6.45) is 0.137. The molecule has 1 rings (SSSR count). The largest absolute Gasteiger partial charge is 0.491 e. The Morgan fingerprint density at radius 3 is 2.73 bits per heavy atom. The van der Waals surface area contributed by atoms with E-state index in [1.165, 1.54) is 5.56 Å². The molecule has 0 saturated heterocycles. The summed E-state index contributed by atoms with van der Waals surface area (Å²) in [5.74, 6) is 0.931. The van der Waals surface area contributed by atoms with E-state index >= 15 is 0 Å². The predicted octanol–water partition coefficient (Wildman–Crippen LogP) is 3.39. The second-order valence-electron chi connectivity index (χ2n) is 3.32. The van der Waals surface area contributed by atoms with Crippen molar-refractivity contribution in [2.75, 3.05) is 13.2 Å². The Balaban J connectivity index is 2.49. The maximum absolute atomic E-state index is 5.69. The van der Waals surface area contributed by atoms with Gasteiger partial charge in [0.15, 0.2) is 0 Å². The molecular weight excluding hydrogens is 256 g/mol. The number of rotatable bonds is 6. The first-order valence-electron chi connectivity index (χ1n) is 5.16. The summed E-state index contributed by atoms with van der Waals surface area (Å²) < 4.78 is 11.1. The lowest BCUT2D eigenvalue weighted by Crippen LogP contribution is -2.18. The molecule has 0 aromatic heterocycles. The maximum Gasteiger partial charge on any atom is 0.123 e. The van der Waals surface area contributed by atoms with Gasteiger partial charge in [0, 0.05) is 17.5 Å². The Labute approximate surface area is 99.7 Å². The molecule has 1 atom stereocenters. The molecule has 1 aromatic carbocycles. The SMILES string of the molecule is CCOC(C)COc1ccccc1CBr. The van der Waals surface area contributed by atoms with Gasteiger partial charge < -0.3 is 9.47 Å². The van der Waals surface area contributed by atoms with E-state index < -0.39 is 0 Å². The van der Waals surface area contributed by atoms with Gasteiger partial charge in [-0.3, -0.25) is 0 Å². The highest BCUT2D eigenvalue weighted by Gasteiger charge is 2.05. The Kier molecular flexibility index (Phi) is 5.73. The zero-order chi connectivity index (χ0) is 11.1. The Bertz CT molecular complexity index is 289. The third kappa shape index (κ3) is 4.22. The lowest BCUT2D eigenvalue weighted by Gasteiger charge is -2.14. The third-order valence-corrected chi connectivity index (χ3v) is 2.65. The summed E-state index contributed by atoms with van der Waals surface area (Å²) in [6.45, 7) is 5.33. The molecule has 0 bridgehead atoms. The van der Waals surface area contributed by atoms with E-state index in [2.05, 4.69) is 22.0 Å². The molecule has 0 radical (unpaired) electrons. The minimum atomic E-state index is 0.137. The molecule has 0 heterocycles. The van der Waals surface area contributed by atoms with Crippen molar-refractivity contribution in [2.24, 2.45) is 0 Å². The van der Waals surface area contributed by atoms with Crippen LogP contribution in [-0.2, 0) is 10.1 Å². The van der Waals surface area contributed by atoms with Gasteiger partial charge in [0.1, 0.15) is 12.4 Å². The van der Waals surface area contributed by atoms with Gasteiger partial charge in [0.2, 0.25) is 0 Å². The normalized spacial score (nSPS) is 12.5. The number of alkyl halides is 1. The summed E-state index contributed by atoms with van der Waals surface area (Å²) >= 11 is 3.43. The van der Waals surface area contributed by atoms with Crippen molar-refractivity contribution in [2.45, 2.75) is 25.3 Å². The van der Waals surface area contributed by atoms with Crippen LogP contribution in [-0.4, -0.2) is 19.3 Å². The van der Waals surface area contributed by atoms with E-state index in [1.807, 2.05) is 32.0 Å². The molecule has 3 heteroatoms. The van der Waals surface area contributed by atoms with E-state index in [0.717, 1.165) is 17.7 Å². The Hall–Kier alpha value is -0.540. The van der Waals surface area contributed by atoms with Crippen molar-refractivity contribution in [1.29, 1.82) is 0 Å². The lowest BCUT2D eigenvalue weighted by atomic mass is 10.2. The summed E-state index contributed by atoms with van der Waals surface area (Å²) in [6, 6.07) is 8.02. The van der Waals surface area contributed by atoms with Crippen LogP contribution in [0, 0.1) is 0 Å². The van der Waals surface area contributed by atoms with Crippen LogP contribution in [0.4, 0.5) is 0 Å². The molecule has 1 aromatic rings. The van der Waals surface area contributed by atoms with Crippen LogP contribution in [0.1, 0.15) is 19.4 Å². The first-order chi connectivity index (χ1) is 7.27. The fraction of sp³-hybridized carbons (Fsp3) is 0.500. The van der Waals surface area contributed by atoms with E-state index in [0.29, 0.717) is 6.61 Å². The molecule has 0 aliphatic carbocycles. The fourth-order valence-corrected chi connectivity index (χ4v) is 1.76. The highest BCUT2D eigenvalue weighted by atomic mass is 79.9. The third-order valence-electron chi connectivity index (χ3n) is 2.04. The zero-order valence-electron chi connectivity index (χ0n) is 9.20. The first kappa shape index (κ1) is 12.5. The van der Waals surface area contributed by atoms with Crippen LogP contribution in [0.15, 0.2) is 24.3 Å². The molecule has 15 heavy (non-hydrogen) atoms. The van der Waals surface area contributed by atoms with Crippen LogP contribution in [0.2, 0.25) is 0 Å². The second-order valence-corrected chi connectivity index (χ2v) is 3.88. The molecule has 0 fully saturated rings. The molecule has 1 unspecified atom stereocenters. The van der Waals surface area contributed by atoms with Gasteiger partial charge >= 0.3 is 0 Å². The average Bonchev–Trinajstić information content (AvgIpc) is 2.27. The van der Waals surface area contributed by atoms with Crippen LogP contribution in [0.25, 0.3) is 0 Å². The highest BCUT2D eigenvalue weighted by Crippen LogP contribution is 2.20. The quantitative estimate of drug-likeness (QED) is 0.740. The van der Waals surface area contributed by atoms with Gasteiger partial charge in [-0.1, -0.05) is 34.1 Å². The smallest absolute Gasteiger partial charge is 0.123 e. The predicted molar refractivity (Wildman–Crippen MR) is 65.7 cm³/mol. The monoisotopic (exact) mass is 272 g/mol. The second kappa shape index (κ2) is 6.85. The minimum absolute atomic E-state index is 0.137. The number of benzene rings is 1. The molecule has 0 aliphatic rings. The molecule has 0 N–H and O–H groups in total. The average molecular weight is 273 g/mol. The van der Waals surface area contributed by atoms with Gasteiger partial charge in [-0.2, -0.15) is 0 Å².